The monoisotopic (exact) mass is 378 g/mol. The number of carbonyl (C=O) groups excluding carboxylic acids is 1. The second kappa shape index (κ2) is 8.99. The van der Waals surface area contributed by atoms with Crippen molar-refractivity contribution in [2.75, 3.05) is 13.2 Å². The molecule has 144 valence electrons. The third kappa shape index (κ3) is 4.11. The van der Waals surface area contributed by atoms with E-state index in [0.29, 0.717) is 12.4 Å². The first kappa shape index (κ1) is 19.4. The summed E-state index contributed by atoms with van der Waals surface area (Å²) in [7, 11) is 0. The van der Waals surface area contributed by atoms with Crippen molar-refractivity contribution in [2.45, 2.75) is 20.4 Å². The Morgan fingerprint density at radius 3 is 2.21 bits per heavy atom. The molecule has 3 aromatic rings. The molecule has 0 amide bonds. The summed E-state index contributed by atoms with van der Waals surface area (Å²) < 4.78 is 12.1. The van der Waals surface area contributed by atoms with Crippen LogP contribution in [0, 0.1) is 0 Å². The van der Waals surface area contributed by atoms with Gasteiger partial charge in [0.2, 0.25) is 5.75 Å². The zero-order valence-corrected chi connectivity index (χ0v) is 15.9. The molecule has 0 bridgehead atoms. The Hall–Kier alpha value is -3.41. The van der Waals surface area contributed by atoms with Crippen LogP contribution >= 0.6 is 0 Å². The van der Waals surface area contributed by atoms with Gasteiger partial charge in [0, 0.05) is 5.56 Å². The first-order valence-electron chi connectivity index (χ1n) is 9.19. The van der Waals surface area contributed by atoms with Crippen LogP contribution in [0.1, 0.15) is 29.9 Å². The van der Waals surface area contributed by atoms with Gasteiger partial charge in [0.1, 0.15) is 5.82 Å². The molecule has 0 fully saturated rings. The minimum atomic E-state index is -0.674. The largest absolute Gasteiger partial charge is 0.486 e. The average molecular weight is 378 g/mol. The van der Waals surface area contributed by atoms with Crippen molar-refractivity contribution in [1.82, 2.24) is 9.55 Å². The minimum Gasteiger partial charge on any atom is -0.486 e. The minimum absolute atomic E-state index is 0.0865. The molecular weight excluding hydrogens is 356 g/mol. The number of hydrogen-bond donors (Lipinski definition) is 0. The molecule has 0 spiro atoms. The molecule has 0 unspecified atom stereocenters. The van der Waals surface area contributed by atoms with Gasteiger partial charge in [0.05, 0.1) is 19.8 Å². The Morgan fingerprint density at radius 1 is 0.964 bits per heavy atom. The predicted molar refractivity (Wildman–Crippen MR) is 107 cm³/mol. The molecule has 0 aliphatic carbocycles. The van der Waals surface area contributed by atoms with Crippen LogP contribution in [-0.2, 0) is 11.3 Å². The number of ether oxygens (including phenoxy) is 2. The van der Waals surface area contributed by atoms with Crippen LogP contribution in [0.15, 0.2) is 65.5 Å². The molecule has 3 rings (SSSR count). The van der Waals surface area contributed by atoms with Crippen LogP contribution < -0.4 is 10.3 Å². The van der Waals surface area contributed by atoms with Crippen LogP contribution in [0.2, 0.25) is 0 Å². The van der Waals surface area contributed by atoms with E-state index in [2.05, 4.69) is 4.98 Å². The number of benzene rings is 2. The summed E-state index contributed by atoms with van der Waals surface area (Å²) in [6.45, 7) is 4.17. The summed E-state index contributed by atoms with van der Waals surface area (Å²) in [6.07, 6.45) is 0. The van der Waals surface area contributed by atoms with Crippen LogP contribution in [0.25, 0.3) is 11.4 Å². The van der Waals surface area contributed by atoms with E-state index >= 15 is 0 Å². The average Bonchev–Trinajstić information content (AvgIpc) is 2.72. The molecule has 0 radical (unpaired) electrons. The maximum absolute atomic E-state index is 13.3. The fourth-order valence-corrected chi connectivity index (χ4v) is 2.87. The highest BCUT2D eigenvalue weighted by Crippen LogP contribution is 2.22. The molecule has 0 saturated carbocycles. The van der Waals surface area contributed by atoms with E-state index < -0.39 is 11.5 Å². The smallest absolute Gasteiger partial charge is 0.361 e. The fraction of sp³-hybridized carbons (Fsp3) is 0.227. The molecule has 2 aromatic carbocycles. The van der Waals surface area contributed by atoms with E-state index in [4.69, 9.17) is 9.47 Å². The van der Waals surface area contributed by atoms with Gasteiger partial charge in [0.25, 0.3) is 5.56 Å². The van der Waals surface area contributed by atoms with Crippen molar-refractivity contribution in [1.29, 1.82) is 0 Å². The standard InChI is InChI=1S/C22H22N2O4/c1-3-27-19-18(22(26)28-4-2)23-20(17-13-9-6-10-14-17)24(21(19)25)15-16-11-7-5-8-12-16/h5-14H,3-4,15H2,1-2H3. The molecule has 0 saturated heterocycles. The number of rotatable bonds is 7. The van der Waals surface area contributed by atoms with Gasteiger partial charge in [-0.05, 0) is 19.4 Å². The molecule has 28 heavy (non-hydrogen) atoms. The zero-order chi connectivity index (χ0) is 19.9. The lowest BCUT2D eigenvalue weighted by Gasteiger charge is -2.17. The highest BCUT2D eigenvalue weighted by molar-refractivity contribution is 5.90. The topological polar surface area (TPSA) is 70.4 Å². The molecule has 0 aliphatic rings. The highest BCUT2D eigenvalue weighted by atomic mass is 16.5. The van der Waals surface area contributed by atoms with Gasteiger partial charge >= 0.3 is 5.97 Å². The van der Waals surface area contributed by atoms with Gasteiger partial charge in [0.15, 0.2) is 5.69 Å². The lowest BCUT2D eigenvalue weighted by atomic mass is 10.1. The van der Waals surface area contributed by atoms with Gasteiger partial charge in [-0.15, -0.1) is 0 Å². The van der Waals surface area contributed by atoms with Crippen molar-refractivity contribution in [3.05, 3.63) is 82.3 Å². The Morgan fingerprint density at radius 2 is 1.61 bits per heavy atom. The number of hydrogen-bond acceptors (Lipinski definition) is 5. The summed E-state index contributed by atoms with van der Waals surface area (Å²) in [5.74, 6) is -0.371. The van der Waals surface area contributed by atoms with Gasteiger partial charge in [-0.1, -0.05) is 60.7 Å². The maximum atomic E-state index is 13.3. The van der Waals surface area contributed by atoms with Gasteiger partial charge in [-0.3, -0.25) is 9.36 Å². The summed E-state index contributed by atoms with van der Waals surface area (Å²) in [4.78, 5) is 30.2. The van der Waals surface area contributed by atoms with Gasteiger partial charge in [-0.25, -0.2) is 9.78 Å². The number of esters is 1. The number of nitrogens with zero attached hydrogens (tertiary/aromatic N) is 2. The van der Waals surface area contributed by atoms with Crippen molar-refractivity contribution >= 4 is 5.97 Å². The van der Waals surface area contributed by atoms with Crippen LogP contribution in [0.5, 0.6) is 5.75 Å². The maximum Gasteiger partial charge on any atom is 0.361 e. The first-order valence-corrected chi connectivity index (χ1v) is 9.19. The highest BCUT2D eigenvalue weighted by Gasteiger charge is 2.24. The summed E-state index contributed by atoms with van der Waals surface area (Å²) >= 11 is 0. The van der Waals surface area contributed by atoms with Gasteiger partial charge in [-0.2, -0.15) is 0 Å². The quantitative estimate of drug-likeness (QED) is 0.588. The van der Waals surface area contributed by atoms with E-state index in [1.54, 1.807) is 13.8 Å². The summed E-state index contributed by atoms with van der Waals surface area (Å²) in [5, 5.41) is 0. The second-order valence-electron chi connectivity index (χ2n) is 6.01. The Labute approximate surface area is 163 Å². The van der Waals surface area contributed by atoms with Crippen LogP contribution in [-0.4, -0.2) is 28.7 Å². The van der Waals surface area contributed by atoms with E-state index in [1.165, 1.54) is 4.57 Å². The summed E-state index contributed by atoms with van der Waals surface area (Å²) in [5.41, 5.74) is 1.15. The Kier molecular flexibility index (Phi) is 6.22. The molecule has 1 heterocycles. The lowest BCUT2D eigenvalue weighted by Crippen LogP contribution is -2.29. The normalized spacial score (nSPS) is 10.5. The van der Waals surface area contributed by atoms with Crippen molar-refractivity contribution in [3.63, 3.8) is 0 Å². The first-order chi connectivity index (χ1) is 13.7. The number of aromatic nitrogens is 2. The second-order valence-corrected chi connectivity index (χ2v) is 6.01. The summed E-state index contributed by atoms with van der Waals surface area (Å²) in [6, 6.07) is 18.9. The molecule has 0 atom stereocenters. The molecule has 1 aromatic heterocycles. The Balaban J connectivity index is 2.24. The van der Waals surface area contributed by atoms with Crippen LogP contribution in [0.4, 0.5) is 0 Å². The Bertz CT molecular complexity index is 998. The third-order valence-corrected chi connectivity index (χ3v) is 4.10. The molecular formula is C22H22N2O4. The van der Waals surface area contributed by atoms with E-state index in [9.17, 15) is 9.59 Å². The zero-order valence-electron chi connectivity index (χ0n) is 15.9. The number of carbonyl (C=O) groups is 1. The molecule has 0 aliphatic heterocycles. The third-order valence-electron chi connectivity index (χ3n) is 4.10. The van der Waals surface area contributed by atoms with E-state index in [-0.39, 0.29) is 24.7 Å². The van der Waals surface area contributed by atoms with E-state index in [1.807, 2.05) is 60.7 Å². The van der Waals surface area contributed by atoms with E-state index in [0.717, 1.165) is 11.1 Å². The lowest BCUT2D eigenvalue weighted by molar-refractivity contribution is 0.0513. The van der Waals surface area contributed by atoms with Crippen molar-refractivity contribution < 1.29 is 14.3 Å². The van der Waals surface area contributed by atoms with Crippen molar-refractivity contribution in [2.24, 2.45) is 0 Å². The van der Waals surface area contributed by atoms with Gasteiger partial charge < -0.3 is 9.47 Å². The predicted octanol–water partition coefficient (Wildman–Crippen LogP) is 3.53. The molecule has 0 N–H and O–H groups in total. The van der Waals surface area contributed by atoms with Crippen molar-refractivity contribution in [3.8, 4) is 17.1 Å². The van der Waals surface area contributed by atoms with Crippen LogP contribution in [0.3, 0.4) is 0 Å². The SMILES string of the molecule is CCOC(=O)c1nc(-c2ccccc2)n(Cc2ccccc2)c(=O)c1OCC. The molecule has 6 heteroatoms. The molecule has 6 nitrogen and oxygen atoms in total. The fourth-order valence-electron chi connectivity index (χ4n) is 2.87.